The van der Waals surface area contributed by atoms with Gasteiger partial charge in [0.1, 0.15) is 5.69 Å². The zero-order chi connectivity index (χ0) is 17.7. The molecule has 0 amide bonds. The van der Waals surface area contributed by atoms with Gasteiger partial charge in [0.25, 0.3) is 5.69 Å². The molecule has 24 heavy (non-hydrogen) atoms. The lowest BCUT2D eigenvalue weighted by molar-refractivity contribution is -0.384. The first-order valence-electron chi connectivity index (χ1n) is 7.89. The van der Waals surface area contributed by atoms with Gasteiger partial charge in [-0.15, -0.1) is 0 Å². The highest BCUT2D eigenvalue weighted by molar-refractivity contribution is 7.89. The van der Waals surface area contributed by atoms with Crippen LogP contribution < -0.4 is 10.0 Å². The molecular weight excluding hydrogens is 334 g/mol. The van der Waals surface area contributed by atoms with Crippen LogP contribution >= 0.6 is 0 Å². The molecule has 0 aromatic heterocycles. The monoisotopic (exact) mass is 357 g/mol. The number of sulfonamides is 1. The molecule has 1 aliphatic rings. The van der Waals surface area contributed by atoms with Crippen LogP contribution in [0, 0.1) is 10.1 Å². The van der Waals surface area contributed by atoms with Crippen molar-refractivity contribution >= 4 is 21.4 Å². The van der Waals surface area contributed by atoms with Crippen molar-refractivity contribution in [1.82, 2.24) is 4.72 Å². The largest absolute Gasteiger partial charge is 0.383 e. The highest BCUT2D eigenvalue weighted by atomic mass is 32.2. The van der Waals surface area contributed by atoms with Gasteiger partial charge in [-0.05, 0) is 31.9 Å². The summed E-state index contributed by atoms with van der Waals surface area (Å²) in [6.45, 7) is 1.87. The Hall–Kier alpha value is -1.71. The van der Waals surface area contributed by atoms with E-state index in [9.17, 15) is 18.5 Å². The molecule has 2 rings (SSSR count). The zero-order valence-electron chi connectivity index (χ0n) is 13.8. The van der Waals surface area contributed by atoms with Crippen LogP contribution in [0.15, 0.2) is 23.1 Å². The Morgan fingerprint density at radius 1 is 1.38 bits per heavy atom. The molecule has 1 aromatic carbocycles. The molecule has 1 fully saturated rings. The van der Waals surface area contributed by atoms with Crippen molar-refractivity contribution < 1.29 is 18.1 Å². The van der Waals surface area contributed by atoms with Crippen LogP contribution in [-0.2, 0) is 14.8 Å². The number of nitro benzene ring substituents is 1. The van der Waals surface area contributed by atoms with Gasteiger partial charge >= 0.3 is 0 Å². The predicted molar refractivity (Wildman–Crippen MR) is 90.6 cm³/mol. The fraction of sp³-hybridized carbons (Fsp3) is 0.600. The summed E-state index contributed by atoms with van der Waals surface area (Å²) < 4.78 is 32.0. The van der Waals surface area contributed by atoms with Gasteiger partial charge in [0, 0.05) is 25.3 Å². The van der Waals surface area contributed by atoms with Crippen LogP contribution in [0.1, 0.15) is 32.6 Å². The molecular formula is C15H23N3O5S. The van der Waals surface area contributed by atoms with Gasteiger partial charge in [0.05, 0.1) is 16.4 Å². The van der Waals surface area contributed by atoms with E-state index in [1.54, 1.807) is 6.92 Å². The fourth-order valence-electron chi connectivity index (χ4n) is 2.86. The normalized spacial score (nSPS) is 16.9. The van der Waals surface area contributed by atoms with E-state index in [-0.39, 0.29) is 23.2 Å². The van der Waals surface area contributed by atoms with Crippen molar-refractivity contribution in [3.8, 4) is 0 Å². The maximum atomic E-state index is 12.3. The van der Waals surface area contributed by atoms with Gasteiger partial charge in [0.2, 0.25) is 10.0 Å². The number of hydrogen-bond donors (Lipinski definition) is 2. The van der Waals surface area contributed by atoms with Crippen molar-refractivity contribution in [2.45, 2.75) is 49.6 Å². The third-order valence-corrected chi connectivity index (χ3v) is 5.55. The number of nitro groups is 1. The molecule has 0 bridgehead atoms. The number of benzene rings is 1. The Bertz CT molecular complexity index is 686. The van der Waals surface area contributed by atoms with Crippen molar-refractivity contribution in [2.24, 2.45) is 0 Å². The summed E-state index contributed by atoms with van der Waals surface area (Å²) in [4.78, 5) is 10.6. The van der Waals surface area contributed by atoms with E-state index in [2.05, 4.69) is 10.0 Å². The van der Waals surface area contributed by atoms with Crippen molar-refractivity contribution in [3.05, 3.63) is 28.3 Å². The van der Waals surface area contributed by atoms with E-state index >= 15 is 0 Å². The molecule has 9 heteroatoms. The Kier molecular flexibility index (Phi) is 6.14. The van der Waals surface area contributed by atoms with Gasteiger partial charge in [-0.25, -0.2) is 13.1 Å². The van der Waals surface area contributed by atoms with Crippen molar-refractivity contribution in [1.29, 1.82) is 0 Å². The molecule has 8 nitrogen and oxygen atoms in total. The van der Waals surface area contributed by atoms with Crippen LogP contribution in [-0.4, -0.2) is 39.1 Å². The standard InChI is InChI=1S/C15H23N3O5S/c1-11(10-23-2)17-24(21,22)13-7-8-14(15(9-13)18(19)20)16-12-5-3-4-6-12/h7-9,11-12,16-17H,3-6,10H2,1-2H3/t11-/m0/s1. The van der Waals surface area contributed by atoms with Crippen LogP contribution in [0.25, 0.3) is 0 Å². The van der Waals surface area contributed by atoms with Gasteiger partial charge in [0.15, 0.2) is 0 Å². The summed E-state index contributed by atoms with van der Waals surface area (Å²) in [5, 5.41) is 14.5. The first kappa shape index (κ1) is 18.6. The first-order chi connectivity index (χ1) is 11.3. The molecule has 0 aliphatic heterocycles. The van der Waals surface area contributed by atoms with Gasteiger partial charge in [-0.2, -0.15) is 0 Å². The lowest BCUT2D eigenvalue weighted by Gasteiger charge is -2.16. The number of hydrogen-bond acceptors (Lipinski definition) is 6. The molecule has 1 aromatic rings. The third kappa shape index (κ3) is 4.65. The van der Waals surface area contributed by atoms with Crippen molar-refractivity contribution in [3.63, 3.8) is 0 Å². The van der Waals surface area contributed by atoms with Gasteiger partial charge in [-0.1, -0.05) is 12.8 Å². The molecule has 0 radical (unpaired) electrons. The van der Waals surface area contributed by atoms with E-state index in [1.165, 1.54) is 19.2 Å². The topological polar surface area (TPSA) is 111 Å². The first-order valence-corrected chi connectivity index (χ1v) is 9.38. The SMILES string of the molecule is COC[C@H](C)NS(=O)(=O)c1ccc(NC2CCCC2)c([N+](=O)[O-])c1. The maximum Gasteiger partial charge on any atom is 0.293 e. The second kappa shape index (κ2) is 7.91. The fourth-order valence-corrected chi connectivity index (χ4v) is 4.11. The predicted octanol–water partition coefficient (Wildman–Crippen LogP) is 2.26. The number of rotatable bonds is 8. The van der Waals surface area contributed by atoms with E-state index in [0.717, 1.165) is 31.7 Å². The van der Waals surface area contributed by atoms with E-state index in [0.29, 0.717) is 5.69 Å². The lowest BCUT2D eigenvalue weighted by atomic mass is 10.2. The quantitative estimate of drug-likeness (QED) is 0.545. The molecule has 0 spiro atoms. The minimum Gasteiger partial charge on any atom is -0.383 e. The number of methoxy groups -OCH3 is 1. The summed E-state index contributed by atoms with van der Waals surface area (Å²) in [6, 6.07) is 3.71. The van der Waals surface area contributed by atoms with Crippen LogP contribution in [0.2, 0.25) is 0 Å². The third-order valence-electron chi connectivity index (χ3n) is 3.96. The Morgan fingerprint density at radius 2 is 2.04 bits per heavy atom. The summed E-state index contributed by atoms with van der Waals surface area (Å²) >= 11 is 0. The Labute approximate surface area is 141 Å². The molecule has 0 heterocycles. The number of anilines is 1. The smallest absolute Gasteiger partial charge is 0.293 e. The van der Waals surface area contributed by atoms with Crippen LogP contribution in [0.5, 0.6) is 0 Å². The average molecular weight is 357 g/mol. The van der Waals surface area contributed by atoms with Crippen LogP contribution in [0.4, 0.5) is 11.4 Å². The summed E-state index contributed by atoms with van der Waals surface area (Å²) in [5.74, 6) is 0. The van der Waals surface area contributed by atoms with E-state index in [1.807, 2.05) is 0 Å². The molecule has 0 unspecified atom stereocenters. The number of nitrogens with one attached hydrogen (secondary N) is 2. The highest BCUT2D eigenvalue weighted by Crippen LogP contribution is 2.31. The van der Waals surface area contributed by atoms with E-state index in [4.69, 9.17) is 4.74 Å². The molecule has 1 aliphatic carbocycles. The average Bonchev–Trinajstić information content (AvgIpc) is 2.99. The van der Waals surface area contributed by atoms with E-state index < -0.39 is 21.0 Å². The molecule has 134 valence electrons. The molecule has 1 saturated carbocycles. The van der Waals surface area contributed by atoms with Crippen LogP contribution in [0.3, 0.4) is 0 Å². The number of nitrogens with zero attached hydrogens (tertiary/aromatic N) is 1. The minimum atomic E-state index is -3.84. The Morgan fingerprint density at radius 3 is 2.62 bits per heavy atom. The van der Waals surface area contributed by atoms with Crippen molar-refractivity contribution in [2.75, 3.05) is 19.0 Å². The summed E-state index contributed by atoms with van der Waals surface area (Å²) in [5.41, 5.74) is 0.125. The second-order valence-electron chi connectivity index (χ2n) is 6.04. The second-order valence-corrected chi connectivity index (χ2v) is 7.75. The maximum absolute atomic E-state index is 12.3. The molecule has 1 atom stereocenters. The summed E-state index contributed by atoms with van der Waals surface area (Å²) in [6.07, 6.45) is 4.12. The Balaban J connectivity index is 2.25. The molecule has 2 N–H and O–H groups in total. The lowest BCUT2D eigenvalue weighted by Crippen LogP contribution is -2.35. The van der Waals surface area contributed by atoms with Gasteiger partial charge in [-0.3, -0.25) is 10.1 Å². The number of ether oxygens (including phenoxy) is 1. The molecule has 0 saturated heterocycles. The minimum absolute atomic E-state index is 0.130. The zero-order valence-corrected chi connectivity index (χ0v) is 14.6. The van der Waals surface area contributed by atoms with Gasteiger partial charge < -0.3 is 10.1 Å². The summed E-state index contributed by atoms with van der Waals surface area (Å²) in [7, 11) is -2.37. The highest BCUT2D eigenvalue weighted by Gasteiger charge is 2.24.